The molecule has 0 fully saturated rings. The van der Waals surface area contributed by atoms with E-state index >= 15 is 0 Å². The average molecular weight is 245 g/mol. The minimum Gasteiger partial charge on any atom is -0.379 e. The lowest BCUT2D eigenvalue weighted by atomic mass is 10.1. The van der Waals surface area contributed by atoms with E-state index in [1.165, 1.54) is 11.8 Å². The Balaban J connectivity index is 0. The first-order valence-corrected chi connectivity index (χ1v) is 5.75. The Morgan fingerprint density at radius 1 is 1.50 bits per heavy atom. The molecule has 0 aromatic carbocycles. The third-order valence-corrected chi connectivity index (χ3v) is 1.80. The van der Waals surface area contributed by atoms with Crippen LogP contribution in [-0.4, -0.2) is 34.0 Å². The molecular formula is C5H15N3O4S2. The van der Waals surface area contributed by atoms with Crippen molar-refractivity contribution in [1.29, 1.82) is 5.41 Å². The molecule has 0 unspecified atom stereocenters. The Morgan fingerprint density at radius 2 is 1.79 bits per heavy atom. The lowest BCUT2D eigenvalue weighted by molar-refractivity contribution is 0.381. The van der Waals surface area contributed by atoms with Crippen LogP contribution in [0.5, 0.6) is 0 Å². The van der Waals surface area contributed by atoms with Crippen molar-refractivity contribution in [3.8, 4) is 0 Å². The molecule has 0 bridgehead atoms. The molecule has 0 aromatic heterocycles. The molecular weight excluding hydrogens is 230 g/mol. The minimum atomic E-state index is -4.67. The van der Waals surface area contributed by atoms with Gasteiger partial charge in [-0.25, -0.2) is 0 Å². The fourth-order valence-corrected chi connectivity index (χ4v) is 0.791. The second-order valence-electron chi connectivity index (χ2n) is 3.09. The molecule has 86 valence electrons. The third kappa shape index (κ3) is 41.4. The average Bonchev–Trinajstić information content (AvgIpc) is 1.77. The largest absolute Gasteiger partial charge is 0.394 e. The molecule has 0 amide bonds. The van der Waals surface area contributed by atoms with Gasteiger partial charge in [-0.2, -0.15) is 8.42 Å². The standard InChI is InChI=1S/C5H13N3S.H2O4S/c1-5(2,8)3-9-4(6)7;1-5(2,3)4/h3,8H2,1-2H3,(H3,6,7);(H2,1,2,3,4). The maximum atomic E-state index is 8.74. The van der Waals surface area contributed by atoms with E-state index in [1.54, 1.807) is 0 Å². The van der Waals surface area contributed by atoms with Crippen LogP contribution in [0.15, 0.2) is 0 Å². The zero-order valence-electron chi connectivity index (χ0n) is 7.89. The van der Waals surface area contributed by atoms with E-state index in [4.69, 9.17) is 34.4 Å². The van der Waals surface area contributed by atoms with Crippen molar-refractivity contribution < 1.29 is 17.5 Å². The van der Waals surface area contributed by atoms with Crippen LogP contribution in [0.25, 0.3) is 0 Å². The van der Waals surface area contributed by atoms with Gasteiger partial charge >= 0.3 is 10.4 Å². The second kappa shape index (κ2) is 6.19. The molecule has 0 spiro atoms. The molecule has 7 nitrogen and oxygen atoms in total. The number of thioether (sulfide) groups is 1. The van der Waals surface area contributed by atoms with E-state index in [-0.39, 0.29) is 10.7 Å². The van der Waals surface area contributed by atoms with E-state index in [9.17, 15) is 0 Å². The summed E-state index contributed by atoms with van der Waals surface area (Å²) < 4.78 is 31.6. The van der Waals surface area contributed by atoms with Gasteiger partial charge in [0.2, 0.25) is 0 Å². The maximum Gasteiger partial charge on any atom is 0.394 e. The predicted molar refractivity (Wildman–Crippen MR) is 56.8 cm³/mol. The zero-order chi connectivity index (χ0) is 12.0. The Hall–Kier alpha value is -0.350. The zero-order valence-corrected chi connectivity index (χ0v) is 9.52. The quantitative estimate of drug-likeness (QED) is 0.254. The molecule has 0 aliphatic carbocycles. The monoisotopic (exact) mass is 245 g/mol. The van der Waals surface area contributed by atoms with Gasteiger partial charge in [-0.3, -0.25) is 14.5 Å². The van der Waals surface area contributed by atoms with Crippen LogP contribution in [0.2, 0.25) is 0 Å². The highest BCUT2D eigenvalue weighted by atomic mass is 32.3. The number of hydrogen-bond acceptors (Lipinski definition) is 5. The van der Waals surface area contributed by atoms with Crippen LogP contribution < -0.4 is 11.5 Å². The molecule has 0 aromatic rings. The summed E-state index contributed by atoms with van der Waals surface area (Å²) in [7, 11) is -4.67. The lowest BCUT2D eigenvalue weighted by Crippen LogP contribution is -2.35. The highest BCUT2D eigenvalue weighted by Crippen LogP contribution is 2.07. The van der Waals surface area contributed by atoms with Crippen molar-refractivity contribution in [3.63, 3.8) is 0 Å². The summed E-state index contributed by atoms with van der Waals surface area (Å²) in [6, 6.07) is 0. The number of amidine groups is 1. The summed E-state index contributed by atoms with van der Waals surface area (Å²) in [4.78, 5) is 0. The molecule has 0 heterocycles. The van der Waals surface area contributed by atoms with E-state index in [0.717, 1.165) is 0 Å². The van der Waals surface area contributed by atoms with Gasteiger partial charge in [-0.1, -0.05) is 11.8 Å². The van der Waals surface area contributed by atoms with Gasteiger partial charge < -0.3 is 11.5 Å². The fraction of sp³-hybridized carbons (Fsp3) is 0.800. The number of hydrogen-bond donors (Lipinski definition) is 5. The number of nitrogens with one attached hydrogen (secondary N) is 1. The molecule has 0 rings (SSSR count). The summed E-state index contributed by atoms with van der Waals surface area (Å²) in [5.74, 6) is 0.697. The van der Waals surface area contributed by atoms with Crippen molar-refractivity contribution in [2.75, 3.05) is 5.75 Å². The van der Waals surface area contributed by atoms with Crippen LogP contribution in [0.1, 0.15) is 13.8 Å². The van der Waals surface area contributed by atoms with Crippen molar-refractivity contribution >= 4 is 27.3 Å². The van der Waals surface area contributed by atoms with Crippen LogP contribution in [-0.2, 0) is 10.4 Å². The maximum absolute atomic E-state index is 8.74. The van der Waals surface area contributed by atoms with Gasteiger partial charge in [0.1, 0.15) is 0 Å². The fourth-order valence-electron chi connectivity index (χ4n) is 0.264. The first-order chi connectivity index (χ1) is 5.92. The van der Waals surface area contributed by atoms with E-state index in [0.29, 0.717) is 5.75 Å². The molecule has 0 aliphatic rings. The van der Waals surface area contributed by atoms with E-state index in [1.807, 2.05) is 13.8 Å². The smallest absolute Gasteiger partial charge is 0.379 e. The first kappa shape index (κ1) is 16.1. The van der Waals surface area contributed by atoms with Gasteiger partial charge in [0.25, 0.3) is 0 Å². The van der Waals surface area contributed by atoms with Crippen molar-refractivity contribution in [1.82, 2.24) is 0 Å². The molecule has 0 saturated heterocycles. The van der Waals surface area contributed by atoms with Gasteiger partial charge in [0.15, 0.2) is 5.17 Å². The normalized spacial score (nSPS) is 11.5. The molecule has 0 aliphatic heterocycles. The summed E-state index contributed by atoms with van der Waals surface area (Å²) in [5.41, 5.74) is 10.5. The molecule has 7 N–H and O–H groups in total. The van der Waals surface area contributed by atoms with Crippen molar-refractivity contribution in [3.05, 3.63) is 0 Å². The van der Waals surface area contributed by atoms with Crippen molar-refractivity contribution in [2.45, 2.75) is 19.4 Å². The molecule has 0 atom stereocenters. The van der Waals surface area contributed by atoms with Crippen molar-refractivity contribution in [2.24, 2.45) is 11.5 Å². The Morgan fingerprint density at radius 3 is 1.86 bits per heavy atom. The second-order valence-corrected chi connectivity index (χ2v) is 5.00. The Kier molecular flexibility index (Phi) is 7.12. The van der Waals surface area contributed by atoms with Gasteiger partial charge in [-0.15, -0.1) is 0 Å². The first-order valence-electron chi connectivity index (χ1n) is 3.37. The number of rotatable bonds is 2. The number of nitrogens with two attached hydrogens (primary N) is 2. The van der Waals surface area contributed by atoms with E-state index in [2.05, 4.69) is 0 Å². The SMILES string of the molecule is CC(C)(N)CSC(=N)N.O=S(=O)(O)O. The highest BCUT2D eigenvalue weighted by Gasteiger charge is 2.10. The summed E-state index contributed by atoms with van der Waals surface area (Å²) in [6.07, 6.45) is 0. The highest BCUT2D eigenvalue weighted by molar-refractivity contribution is 8.13. The van der Waals surface area contributed by atoms with Crippen LogP contribution in [0.4, 0.5) is 0 Å². The predicted octanol–water partition coefficient (Wildman–Crippen LogP) is -0.302. The third-order valence-electron chi connectivity index (χ3n) is 0.600. The molecule has 0 radical (unpaired) electrons. The van der Waals surface area contributed by atoms with Gasteiger partial charge in [-0.05, 0) is 13.8 Å². The topological polar surface area (TPSA) is 150 Å². The van der Waals surface area contributed by atoms with Crippen LogP contribution in [0.3, 0.4) is 0 Å². The summed E-state index contributed by atoms with van der Waals surface area (Å²) in [5, 5.41) is 6.99. The molecule has 14 heavy (non-hydrogen) atoms. The van der Waals surface area contributed by atoms with Gasteiger partial charge in [0.05, 0.1) is 0 Å². The summed E-state index contributed by atoms with van der Waals surface area (Å²) >= 11 is 1.27. The molecule has 9 heteroatoms. The summed E-state index contributed by atoms with van der Waals surface area (Å²) in [6.45, 7) is 3.81. The van der Waals surface area contributed by atoms with Gasteiger partial charge in [0, 0.05) is 11.3 Å². The minimum absolute atomic E-state index is 0.133. The van der Waals surface area contributed by atoms with E-state index < -0.39 is 10.4 Å². The molecule has 0 saturated carbocycles. The lowest BCUT2D eigenvalue weighted by Gasteiger charge is -2.16. The Labute approximate surface area is 87.3 Å². The van der Waals surface area contributed by atoms with Crippen LogP contribution in [0, 0.1) is 5.41 Å². The van der Waals surface area contributed by atoms with Crippen LogP contribution >= 0.6 is 11.8 Å². The Bertz CT molecular complexity index is 261.